The van der Waals surface area contributed by atoms with Crippen LogP contribution in [0.25, 0.3) is 18.2 Å². The fraction of sp³-hybridized carbons (Fsp3) is 0.375. The Bertz CT molecular complexity index is 2050. The molecule has 16 nitrogen and oxygen atoms in total. The molecule has 66 heavy (non-hydrogen) atoms. The lowest BCUT2D eigenvalue weighted by molar-refractivity contribution is -0.684. The summed E-state index contributed by atoms with van der Waals surface area (Å²) in [4.78, 5) is 58.3. The Labute approximate surface area is 395 Å². The zero-order valence-corrected chi connectivity index (χ0v) is 39.3. The van der Waals surface area contributed by atoms with Crippen LogP contribution in [0.1, 0.15) is 30.5 Å². The van der Waals surface area contributed by atoms with Crippen molar-refractivity contribution < 1.29 is 58.6 Å². The quantitative estimate of drug-likeness (QED) is 0.0121. The number of rotatable bonds is 31. The number of aromatic nitrogens is 1. The molecule has 0 saturated heterocycles. The van der Waals surface area contributed by atoms with E-state index in [1.54, 1.807) is 49.2 Å². The number of hydrogen-bond donors (Lipinski definition) is 7. The fourth-order valence-electron chi connectivity index (χ4n) is 6.09. The van der Waals surface area contributed by atoms with Crippen LogP contribution in [0.2, 0.25) is 0 Å². The van der Waals surface area contributed by atoms with E-state index in [0.717, 1.165) is 33.6 Å². The lowest BCUT2D eigenvalue weighted by atomic mass is 10.1. The first-order valence-electron chi connectivity index (χ1n) is 21.6. The summed E-state index contributed by atoms with van der Waals surface area (Å²) in [5, 5.41) is 42.7. The molecule has 7 N–H and O–H groups in total. The molecule has 2 aromatic carbocycles. The van der Waals surface area contributed by atoms with Crippen molar-refractivity contribution in [3.05, 3.63) is 120 Å². The van der Waals surface area contributed by atoms with Gasteiger partial charge in [-0.25, -0.2) is 14.6 Å². The summed E-state index contributed by atoms with van der Waals surface area (Å²) in [7, 11) is 2.48. The second kappa shape index (κ2) is 32.0. The van der Waals surface area contributed by atoms with Crippen molar-refractivity contribution in [2.45, 2.75) is 32.5 Å². The normalized spacial score (nSPS) is 12.5. The molecule has 0 aliphatic carbocycles. The van der Waals surface area contributed by atoms with Gasteiger partial charge >= 0.3 is 11.9 Å². The van der Waals surface area contributed by atoms with E-state index in [-0.39, 0.29) is 64.2 Å². The van der Waals surface area contributed by atoms with Gasteiger partial charge < -0.3 is 50.3 Å². The zero-order chi connectivity index (χ0) is 47.9. The molecule has 0 bridgehead atoms. The molecule has 0 spiro atoms. The molecule has 2 unspecified atom stereocenters. The van der Waals surface area contributed by atoms with E-state index < -0.39 is 35.8 Å². The molecule has 0 aliphatic rings. The van der Waals surface area contributed by atoms with Crippen molar-refractivity contribution in [1.29, 1.82) is 0 Å². The maximum absolute atomic E-state index is 13.1. The number of esters is 2. The molecular formula is C48H64N6O10S2+2. The topological polar surface area (TPSA) is 216 Å². The lowest BCUT2D eigenvalue weighted by Gasteiger charge is -2.22. The summed E-state index contributed by atoms with van der Waals surface area (Å²) in [5.41, 5.74) is 5.37. The molecular weight excluding hydrogens is 885 g/mol. The third-order valence-corrected chi connectivity index (χ3v) is 11.9. The fourth-order valence-corrected chi connectivity index (χ4v) is 8.39. The van der Waals surface area contributed by atoms with E-state index in [2.05, 4.69) is 22.2 Å². The van der Waals surface area contributed by atoms with E-state index in [4.69, 9.17) is 9.47 Å². The largest absolute Gasteiger partial charge is 0.464 e. The Hall–Kier alpha value is -5.76. The van der Waals surface area contributed by atoms with Crippen molar-refractivity contribution in [3.8, 4) is 0 Å². The highest BCUT2D eigenvalue weighted by atomic mass is 33.1. The van der Waals surface area contributed by atoms with Gasteiger partial charge in [-0.15, -0.1) is 0 Å². The average Bonchev–Trinajstić information content (AvgIpc) is 3.32. The second-order valence-electron chi connectivity index (χ2n) is 14.3. The Morgan fingerprint density at radius 3 is 1.56 bits per heavy atom. The molecule has 0 fully saturated rings. The molecule has 2 amide bonds. The van der Waals surface area contributed by atoms with Crippen LogP contribution in [0.3, 0.4) is 0 Å². The maximum atomic E-state index is 13.1. The van der Waals surface area contributed by atoms with Crippen molar-refractivity contribution in [2.24, 2.45) is 0 Å². The van der Waals surface area contributed by atoms with Crippen molar-refractivity contribution >= 4 is 81.2 Å². The molecule has 3 aromatic rings. The van der Waals surface area contributed by atoms with Crippen LogP contribution in [0.4, 0.5) is 11.4 Å². The summed E-state index contributed by atoms with van der Waals surface area (Å²) < 4.78 is 12.1. The van der Waals surface area contributed by atoms with Gasteiger partial charge in [-0.3, -0.25) is 9.59 Å². The first-order chi connectivity index (χ1) is 32.1. The monoisotopic (exact) mass is 948 g/mol. The number of hydrogen-bond acceptors (Lipinski definition) is 14. The van der Waals surface area contributed by atoms with Crippen LogP contribution < -0.4 is 30.0 Å². The molecule has 18 heteroatoms. The summed E-state index contributed by atoms with van der Waals surface area (Å²) in [6.45, 7) is 8.91. The standard InChI is InChI=1S/C48H62N6O10S2/c1-4-37(7-8-38-11-15-41(16-12-38)53(25-29-55)26-30-56)19-22-49-33-45(59)50-43(47(61)63-5-2)35-65-66-36-44(48(62)64-6-3)51-46(60)34-52-23-20-40(21-24-52)10-9-39-13-17-42(18-14-39)54(27-31-57)28-32-58/h4,7-24,43-44,55-58H,1,5-6,25-36H2,2-3H3,(H-,50,51,59,60)/p+2/b8-7+,37-19+,49-22?. The van der Waals surface area contributed by atoms with Crippen molar-refractivity contribution in [2.75, 3.05) is 93.7 Å². The second-order valence-corrected chi connectivity index (χ2v) is 16.8. The number of aliphatic hydroxyl groups excluding tert-OH is 4. The third kappa shape index (κ3) is 20.6. The highest BCUT2D eigenvalue weighted by molar-refractivity contribution is 8.76. The number of carbonyl (C=O) groups is 4. The molecule has 356 valence electrons. The number of ether oxygens (including phenoxy) is 2. The van der Waals surface area contributed by atoms with Gasteiger partial charge in [0.2, 0.25) is 13.1 Å². The third-order valence-electron chi connectivity index (χ3n) is 9.43. The molecule has 3 rings (SSSR count). The van der Waals surface area contributed by atoms with Gasteiger partial charge in [-0.2, -0.15) is 4.57 Å². The number of allylic oxidation sites excluding steroid dienone is 4. The summed E-state index contributed by atoms with van der Waals surface area (Å²) in [6.07, 6.45) is 16.2. The van der Waals surface area contributed by atoms with Gasteiger partial charge in [0.1, 0.15) is 12.1 Å². The predicted molar refractivity (Wildman–Crippen MR) is 262 cm³/mol. The molecule has 2 atom stereocenters. The van der Waals surface area contributed by atoms with Crippen LogP contribution in [0, 0.1) is 0 Å². The SMILES string of the molecule is C=CC(/C=C/c1ccc(N(CCO)CCO)cc1)=C\C=[NH+]CC(=O)NC(CSSCC(NC(=O)C[n+]1ccc(/C=C/c2ccc(N(CCO)CCO)cc2)cc1)C(=O)OCC)C(=O)OCC. The number of anilines is 2. The minimum absolute atomic E-state index is 0.01000. The van der Waals surface area contributed by atoms with Crippen LogP contribution in [-0.2, 0) is 35.2 Å². The number of nitrogens with zero attached hydrogens (tertiary/aromatic N) is 3. The van der Waals surface area contributed by atoms with Crippen LogP contribution >= 0.6 is 21.6 Å². The smallest absolute Gasteiger partial charge is 0.329 e. The molecule has 1 aromatic heterocycles. The van der Waals surface area contributed by atoms with Gasteiger partial charge in [0.15, 0.2) is 18.6 Å². The van der Waals surface area contributed by atoms with Gasteiger partial charge in [-0.1, -0.05) is 82.8 Å². The number of benzene rings is 2. The minimum atomic E-state index is -0.971. The van der Waals surface area contributed by atoms with Gasteiger partial charge in [-0.05, 0) is 60.4 Å². The van der Waals surface area contributed by atoms with Crippen LogP contribution in [0.5, 0.6) is 0 Å². The van der Waals surface area contributed by atoms with E-state index >= 15 is 0 Å². The van der Waals surface area contributed by atoms with Gasteiger partial charge in [0.05, 0.1) is 39.6 Å². The van der Waals surface area contributed by atoms with E-state index in [9.17, 15) is 39.6 Å². The zero-order valence-electron chi connectivity index (χ0n) is 37.6. The lowest BCUT2D eigenvalue weighted by Crippen LogP contribution is -2.73. The molecule has 0 aliphatic heterocycles. The Morgan fingerprint density at radius 2 is 1.12 bits per heavy atom. The van der Waals surface area contributed by atoms with Gasteiger partial charge in [0.25, 0.3) is 11.8 Å². The predicted octanol–water partition coefficient (Wildman–Crippen LogP) is 1.18. The number of amides is 2. The minimum Gasteiger partial charge on any atom is -0.464 e. The number of nitrogens with one attached hydrogen (secondary N) is 3. The number of pyridine rings is 1. The van der Waals surface area contributed by atoms with Crippen LogP contribution in [-0.4, -0.2) is 146 Å². The first kappa shape index (κ1) is 54.6. The van der Waals surface area contributed by atoms with E-state index in [0.29, 0.717) is 26.2 Å². The highest BCUT2D eigenvalue weighted by Gasteiger charge is 2.26. The summed E-state index contributed by atoms with van der Waals surface area (Å²) in [5.74, 6) is -1.77. The molecule has 0 radical (unpaired) electrons. The average molecular weight is 949 g/mol. The van der Waals surface area contributed by atoms with Crippen molar-refractivity contribution in [1.82, 2.24) is 10.6 Å². The number of aliphatic hydroxyl groups is 4. The Balaban J connectivity index is 1.50. The van der Waals surface area contributed by atoms with E-state index in [1.807, 2.05) is 94.8 Å². The van der Waals surface area contributed by atoms with Crippen molar-refractivity contribution in [3.63, 3.8) is 0 Å². The van der Waals surface area contributed by atoms with E-state index in [1.165, 1.54) is 21.6 Å². The Kier molecular flexibility index (Phi) is 26.5. The first-order valence-corrected chi connectivity index (χ1v) is 24.1. The highest BCUT2D eigenvalue weighted by Crippen LogP contribution is 2.24. The van der Waals surface area contributed by atoms with Crippen LogP contribution in [0.15, 0.2) is 103 Å². The molecule has 0 saturated carbocycles. The summed E-state index contributed by atoms with van der Waals surface area (Å²) in [6, 6.07) is 17.2. The van der Waals surface area contributed by atoms with Gasteiger partial charge in [0, 0.05) is 67.3 Å². The maximum Gasteiger partial charge on any atom is 0.329 e. The Morgan fingerprint density at radius 1 is 0.682 bits per heavy atom. The number of carbonyl (C=O) groups excluding carboxylic acids is 4. The molecule has 1 heterocycles. The summed E-state index contributed by atoms with van der Waals surface area (Å²) >= 11 is 0.